The maximum absolute atomic E-state index is 6.07. The van der Waals surface area contributed by atoms with Gasteiger partial charge in [0, 0.05) is 24.2 Å². The molecule has 1 aromatic rings. The molecular formula is C12H21N3O. The predicted octanol–water partition coefficient (Wildman–Crippen LogP) is 1.79. The van der Waals surface area contributed by atoms with E-state index in [0.29, 0.717) is 11.8 Å². The highest BCUT2D eigenvalue weighted by molar-refractivity contribution is 5.14. The van der Waals surface area contributed by atoms with Gasteiger partial charge in [0.15, 0.2) is 0 Å². The first-order valence-corrected chi connectivity index (χ1v) is 5.76. The average molecular weight is 223 g/mol. The van der Waals surface area contributed by atoms with Crippen molar-refractivity contribution in [2.24, 2.45) is 11.7 Å². The fourth-order valence-electron chi connectivity index (χ4n) is 1.64. The van der Waals surface area contributed by atoms with Gasteiger partial charge in [-0.3, -0.25) is 0 Å². The molecule has 0 aromatic carbocycles. The van der Waals surface area contributed by atoms with Crippen LogP contribution in [0.4, 0.5) is 0 Å². The number of aromatic nitrogens is 2. The summed E-state index contributed by atoms with van der Waals surface area (Å²) in [6, 6.07) is 2.01. The molecule has 1 heterocycles. The molecule has 0 fully saturated rings. The molecule has 0 aliphatic heterocycles. The van der Waals surface area contributed by atoms with Gasteiger partial charge in [-0.15, -0.1) is 0 Å². The van der Waals surface area contributed by atoms with E-state index in [1.165, 1.54) is 12.7 Å². The van der Waals surface area contributed by atoms with Crippen LogP contribution in [-0.2, 0) is 6.42 Å². The topological polar surface area (TPSA) is 61.0 Å². The lowest BCUT2D eigenvalue weighted by Gasteiger charge is -2.15. The van der Waals surface area contributed by atoms with Gasteiger partial charge >= 0.3 is 0 Å². The summed E-state index contributed by atoms with van der Waals surface area (Å²) in [4.78, 5) is 8.16. The molecule has 0 aliphatic rings. The minimum atomic E-state index is 0.162. The molecule has 0 spiro atoms. The minimum Gasteiger partial charge on any atom is -0.481 e. The van der Waals surface area contributed by atoms with E-state index in [4.69, 9.17) is 10.5 Å². The first-order valence-electron chi connectivity index (χ1n) is 5.76. The molecule has 0 radical (unpaired) electrons. The molecule has 2 N–H and O–H groups in total. The Morgan fingerprint density at radius 2 is 2.19 bits per heavy atom. The summed E-state index contributed by atoms with van der Waals surface area (Å²) in [5.74, 6) is 1.26. The van der Waals surface area contributed by atoms with Gasteiger partial charge in [-0.2, -0.15) is 0 Å². The largest absolute Gasteiger partial charge is 0.481 e. The van der Waals surface area contributed by atoms with Crippen molar-refractivity contribution in [3.8, 4) is 5.88 Å². The zero-order chi connectivity index (χ0) is 12.0. The minimum absolute atomic E-state index is 0.162. The lowest BCUT2D eigenvalue weighted by Crippen LogP contribution is -2.25. The van der Waals surface area contributed by atoms with E-state index in [1.54, 1.807) is 7.11 Å². The van der Waals surface area contributed by atoms with Crippen LogP contribution in [0.5, 0.6) is 5.88 Å². The second-order valence-corrected chi connectivity index (χ2v) is 4.27. The van der Waals surface area contributed by atoms with Crippen LogP contribution in [0, 0.1) is 5.92 Å². The van der Waals surface area contributed by atoms with Crippen LogP contribution in [0.15, 0.2) is 12.4 Å². The second-order valence-electron chi connectivity index (χ2n) is 4.27. The van der Waals surface area contributed by atoms with Crippen LogP contribution < -0.4 is 10.5 Å². The molecule has 0 aliphatic carbocycles. The van der Waals surface area contributed by atoms with Crippen molar-refractivity contribution in [2.75, 3.05) is 7.11 Å². The van der Waals surface area contributed by atoms with Gasteiger partial charge in [-0.05, 0) is 12.3 Å². The molecular weight excluding hydrogens is 202 g/mol. The van der Waals surface area contributed by atoms with E-state index >= 15 is 0 Å². The van der Waals surface area contributed by atoms with Gasteiger partial charge in [-0.25, -0.2) is 9.97 Å². The molecule has 1 rings (SSSR count). The van der Waals surface area contributed by atoms with Crippen molar-refractivity contribution in [3.05, 3.63) is 18.1 Å². The predicted molar refractivity (Wildman–Crippen MR) is 64.3 cm³/mol. The number of ether oxygens (including phenoxy) is 1. The summed E-state index contributed by atoms with van der Waals surface area (Å²) < 4.78 is 5.05. The molecule has 0 saturated heterocycles. The highest BCUT2D eigenvalue weighted by atomic mass is 16.5. The summed E-state index contributed by atoms with van der Waals surface area (Å²) in [7, 11) is 1.60. The van der Waals surface area contributed by atoms with E-state index in [0.717, 1.165) is 18.5 Å². The Hall–Kier alpha value is -1.16. The Kier molecular flexibility index (Phi) is 5.19. The molecule has 2 atom stereocenters. The molecule has 0 bridgehead atoms. The molecule has 0 amide bonds. The van der Waals surface area contributed by atoms with Gasteiger partial charge in [0.2, 0.25) is 5.88 Å². The van der Waals surface area contributed by atoms with Crippen molar-refractivity contribution in [1.82, 2.24) is 9.97 Å². The van der Waals surface area contributed by atoms with E-state index in [-0.39, 0.29) is 6.04 Å². The van der Waals surface area contributed by atoms with E-state index < -0.39 is 0 Å². The molecule has 90 valence electrons. The number of methoxy groups -OCH3 is 1. The average Bonchev–Trinajstić information content (AvgIpc) is 2.28. The van der Waals surface area contributed by atoms with Crippen molar-refractivity contribution in [1.29, 1.82) is 0 Å². The number of hydrogen-bond acceptors (Lipinski definition) is 4. The van der Waals surface area contributed by atoms with Crippen molar-refractivity contribution < 1.29 is 4.74 Å². The molecule has 16 heavy (non-hydrogen) atoms. The van der Waals surface area contributed by atoms with Crippen LogP contribution in [-0.4, -0.2) is 23.1 Å². The van der Waals surface area contributed by atoms with Crippen LogP contribution in [0.2, 0.25) is 0 Å². The third-order valence-electron chi connectivity index (χ3n) is 2.78. The van der Waals surface area contributed by atoms with Gasteiger partial charge in [-0.1, -0.05) is 20.3 Å². The summed E-state index contributed by atoms with van der Waals surface area (Å²) >= 11 is 0. The zero-order valence-corrected chi connectivity index (χ0v) is 10.3. The van der Waals surface area contributed by atoms with E-state index in [2.05, 4.69) is 23.8 Å². The Morgan fingerprint density at radius 1 is 1.44 bits per heavy atom. The molecule has 2 unspecified atom stereocenters. The van der Waals surface area contributed by atoms with Gasteiger partial charge in [0.25, 0.3) is 0 Å². The van der Waals surface area contributed by atoms with Crippen molar-refractivity contribution >= 4 is 0 Å². The van der Waals surface area contributed by atoms with Crippen LogP contribution in [0.3, 0.4) is 0 Å². The summed E-state index contributed by atoms with van der Waals surface area (Å²) in [6.45, 7) is 4.41. The summed E-state index contributed by atoms with van der Waals surface area (Å²) in [5.41, 5.74) is 7.02. The Morgan fingerprint density at radius 3 is 2.81 bits per heavy atom. The smallest absolute Gasteiger partial charge is 0.216 e. The lowest BCUT2D eigenvalue weighted by molar-refractivity contribution is 0.394. The van der Waals surface area contributed by atoms with Crippen molar-refractivity contribution in [2.45, 2.75) is 39.2 Å². The van der Waals surface area contributed by atoms with E-state index in [1.807, 2.05) is 6.07 Å². The Balaban J connectivity index is 2.51. The first-order chi connectivity index (χ1) is 7.65. The van der Waals surface area contributed by atoms with Crippen molar-refractivity contribution in [3.63, 3.8) is 0 Å². The maximum Gasteiger partial charge on any atom is 0.216 e. The zero-order valence-electron chi connectivity index (χ0n) is 10.3. The Labute approximate surface area is 97.2 Å². The first kappa shape index (κ1) is 12.9. The SMILES string of the molecule is CCC(C)CC(N)Cc1cc(OC)ncn1. The quantitative estimate of drug-likeness (QED) is 0.798. The molecule has 4 nitrogen and oxygen atoms in total. The highest BCUT2D eigenvalue weighted by Gasteiger charge is 2.10. The molecule has 0 saturated carbocycles. The fourth-order valence-corrected chi connectivity index (χ4v) is 1.64. The van der Waals surface area contributed by atoms with Gasteiger partial charge in [0.1, 0.15) is 6.33 Å². The fraction of sp³-hybridized carbons (Fsp3) is 0.667. The maximum atomic E-state index is 6.07. The van der Waals surface area contributed by atoms with Gasteiger partial charge < -0.3 is 10.5 Å². The third kappa shape index (κ3) is 4.14. The second kappa shape index (κ2) is 6.43. The van der Waals surface area contributed by atoms with Crippen LogP contribution in [0.1, 0.15) is 32.4 Å². The van der Waals surface area contributed by atoms with Gasteiger partial charge in [0.05, 0.1) is 7.11 Å². The number of rotatable bonds is 6. The molecule has 4 heteroatoms. The van der Waals surface area contributed by atoms with Crippen LogP contribution >= 0.6 is 0 Å². The number of nitrogens with two attached hydrogens (primary N) is 1. The third-order valence-corrected chi connectivity index (χ3v) is 2.78. The number of nitrogens with zero attached hydrogens (tertiary/aromatic N) is 2. The standard InChI is InChI=1S/C12H21N3O/c1-4-9(2)5-10(13)6-11-7-12(16-3)15-8-14-11/h7-10H,4-6,13H2,1-3H3. The number of hydrogen-bond donors (Lipinski definition) is 1. The van der Waals surface area contributed by atoms with Crippen LogP contribution in [0.25, 0.3) is 0 Å². The normalized spacial score (nSPS) is 14.5. The summed E-state index contributed by atoms with van der Waals surface area (Å²) in [6.07, 6.45) is 4.50. The van der Waals surface area contributed by atoms with E-state index in [9.17, 15) is 0 Å². The lowest BCUT2D eigenvalue weighted by atomic mass is 9.97. The molecule has 1 aromatic heterocycles. The summed E-state index contributed by atoms with van der Waals surface area (Å²) in [5, 5.41) is 0. The monoisotopic (exact) mass is 223 g/mol. The Bertz CT molecular complexity index is 317. The highest BCUT2D eigenvalue weighted by Crippen LogP contribution is 2.13.